The van der Waals surface area contributed by atoms with Crippen LogP contribution in [0.5, 0.6) is 5.75 Å². The number of morpholine rings is 1. The summed E-state index contributed by atoms with van der Waals surface area (Å²) < 4.78 is 11.9. The van der Waals surface area contributed by atoms with Gasteiger partial charge in [-0.3, -0.25) is 10.2 Å². The van der Waals surface area contributed by atoms with Crippen molar-refractivity contribution in [3.8, 4) is 11.8 Å². The molecule has 2 amide bonds. The number of aliphatic imine (C=N–C) groups is 1. The zero-order chi connectivity index (χ0) is 23.2. The summed E-state index contributed by atoms with van der Waals surface area (Å²) in [6.07, 6.45) is 4.47. The lowest BCUT2D eigenvalue weighted by Crippen LogP contribution is -2.47. The summed E-state index contributed by atoms with van der Waals surface area (Å²) in [6.45, 7) is 7.17. The van der Waals surface area contributed by atoms with Gasteiger partial charge in [0, 0.05) is 38.0 Å². The van der Waals surface area contributed by atoms with Gasteiger partial charge in [0.05, 0.1) is 24.4 Å². The molecule has 3 N–H and O–H groups in total. The minimum absolute atomic E-state index is 0.0818. The van der Waals surface area contributed by atoms with Crippen LogP contribution in [0.4, 0.5) is 10.5 Å². The Balaban J connectivity index is 1.40. The SMILES string of the molecule is CC1=CN=C(NC(=O)Nc2cc(C3CC3)ccc2OC[C@@H]2CN(CCC#N)CCO2)C(C)N1. The zero-order valence-electron chi connectivity index (χ0n) is 19.3. The normalized spacial score (nSPS) is 22.9. The summed E-state index contributed by atoms with van der Waals surface area (Å²) in [6, 6.07) is 7.75. The topological polar surface area (TPSA) is 111 Å². The van der Waals surface area contributed by atoms with Gasteiger partial charge in [0.15, 0.2) is 0 Å². The Labute approximate surface area is 194 Å². The van der Waals surface area contributed by atoms with Crippen LogP contribution < -0.4 is 20.7 Å². The highest BCUT2D eigenvalue weighted by Gasteiger charge is 2.26. The Kier molecular flexibility index (Phi) is 7.47. The van der Waals surface area contributed by atoms with Crippen molar-refractivity contribution in [2.24, 2.45) is 4.99 Å². The number of amides is 2. The van der Waals surface area contributed by atoms with Gasteiger partial charge in [-0.25, -0.2) is 9.79 Å². The first-order chi connectivity index (χ1) is 16.0. The second-order valence-corrected chi connectivity index (χ2v) is 8.81. The van der Waals surface area contributed by atoms with Crippen LogP contribution in [0.1, 0.15) is 44.6 Å². The van der Waals surface area contributed by atoms with Gasteiger partial charge in [-0.05, 0) is 50.3 Å². The van der Waals surface area contributed by atoms with Crippen molar-refractivity contribution in [1.82, 2.24) is 15.5 Å². The van der Waals surface area contributed by atoms with E-state index in [0.717, 1.165) is 25.3 Å². The summed E-state index contributed by atoms with van der Waals surface area (Å²) in [5, 5.41) is 17.9. The molecule has 0 aromatic heterocycles. The Morgan fingerprint density at radius 2 is 2.24 bits per heavy atom. The van der Waals surface area contributed by atoms with E-state index in [1.165, 1.54) is 18.4 Å². The number of anilines is 1. The molecule has 1 aliphatic carbocycles. The molecule has 2 fully saturated rings. The highest BCUT2D eigenvalue weighted by Crippen LogP contribution is 2.42. The summed E-state index contributed by atoms with van der Waals surface area (Å²) in [4.78, 5) is 19.3. The maximum Gasteiger partial charge on any atom is 0.324 e. The number of nitrogens with one attached hydrogen (secondary N) is 3. The number of amidine groups is 1. The van der Waals surface area contributed by atoms with E-state index in [-0.39, 0.29) is 18.2 Å². The number of urea groups is 1. The molecular formula is C24H32N6O3. The van der Waals surface area contributed by atoms with E-state index in [2.05, 4.69) is 38.0 Å². The van der Waals surface area contributed by atoms with Crippen LogP contribution in [0.3, 0.4) is 0 Å². The van der Waals surface area contributed by atoms with E-state index in [4.69, 9.17) is 14.7 Å². The quantitative estimate of drug-likeness (QED) is 0.587. The van der Waals surface area contributed by atoms with Crippen molar-refractivity contribution in [3.63, 3.8) is 0 Å². The predicted octanol–water partition coefficient (Wildman–Crippen LogP) is 2.93. The predicted molar refractivity (Wildman–Crippen MR) is 126 cm³/mol. The lowest BCUT2D eigenvalue weighted by atomic mass is 10.1. The molecule has 0 bridgehead atoms. The molecule has 176 valence electrons. The molecule has 9 heteroatoms. The standard InChI is InChI=1S/C24H32N6O3/c1-16-13-26-23(17(2)27-16)29-24(31)28-21-12-19(18-4-5-18)6-7-22(21)33-15-20-14-30(9-3-8-25)10-11-32-20/h6-7,12-13,17-18,20,27H,3-5,9-11,14-15H2,1-2H3,(H2,26,28,29,31)/t17?,20-/m0/s1. The van der Waals surface area contributed by atoms with Crippen molar-refractivity contribution < 1.29 is 14.3 Å². The molecular weight excluding hydrogens is 420 g/mol. The number of allylic oxidation sites excluding steroid dienone is 1. The molecule has 9 nitrogen and oxygen atoms in total. The molecule has 3 aliphatic rings. The van der Waals surface area contributed by atoms with Gasteiger partial charge >= 0.3 is 6.03 Å². The summed E-state index contributed by atoms with van der Waals surface area (Å²) in [7, 11) is 0. The first kappa shape index (κ1) is 23.1. The van der Waals surface area contributed by atoms with Crippen molar-refractivity contribution in [2.75, 3.05) is 38.2 Å². The number of nitriles is 1. The summed E-state index contributed by atoms with van der Waals surface area (Å²) >= 11 is 0. The average molecular weight is 453 g/mol. The van der Waals surface area contributed by atoms with Crippen LogP contribution >= 0.6 is 0 Å². The van der Waals surface area contributed by atoms with Crippen LogP contribution in [0, 0.1) is 11.3 Å². The van der Waals surface area contributed by atoms with Gasteiger partial charge in [0.1, 0.15) is 24.3 Å². The van der Waals surface area contributed by atoms with E-state index in [0.29, 0.717) is 42.8 Å². The zero-order valence-corrected chi connectivity index (χ0v) is 19.3. The molecule has 1 saturated carbocycles. The number of benzene rings is 1. The molecule has 4 rings (SSSR count). The maximum absolute atomic E-state index is 12.7. The first-order valence-electron chi connectivity index (χ1n) is 11.6. The molecule has 0 radical (unpaired) electrons. The van der Waals surface area contributed by atoms with Crippen LogP contribution in [0.15, 0.2) is 35.1 Å². The van der Waals surface area contributed by atoms with Crippen molar-refractivity contribution in [1.29, 1.82) is 5.26 Å². The summed E-state index contributed by atoms with van der Waals surface area (Å²) in [5.74, 6) is 1.73. The second-order valence-electron chi connectivity index (χ2n) is 8.81. The molecule has 33 heavy (non-hydrogen) atoms. The van der Waals surface area contributed by atoms with Gasteiger partial charge < -0.3 is 20.1 Å². The number of hydrogen-bond donors (Lipinski definition) is 3. The molecule has 1 aromatic rings. The van der Waals surface area contributed by atoms with Crippen LogP contribution in [0.2, 0.25) is 0 Å². The van der Waals surface area contributed by atoms with E-state index in [9.17, 15) is 4.79 Å². The molecule has 1 aromatic carbocycles. The fourth-order valence-electron chi connectivity index (χ4n) is 4.05. The minimum Gasteiger partial charge on any atom is -0.489 e. The Morgan fingerprint density at radius 1 is 1.39 bits per heavy atom. The highest BCUT2D eigenvalue weighted by molar-refractivity contribution is 6.06. The number of nitrogens with zero attached hydrogens (tertiary/aromatic N) is 3. The van der Waals surface area contributed by atoms with E-state index < -0.39 is 0 Å². The largest absolute Gasteiger partial charge is 0.489 e. The number of hydrogen-bond acceptors (Lipinski definition) is 7. The van der Waals surface area contributed by atoms with Gasteiger partial charge in [0.25, 0.3) is 0 Å². The molecule has 1 saturated heterocycles. The lowest BCUT2D eigenvalue weighted by molar-refractivity contribution is -0.0471. The first-order valence-corrected chi connectivity index (χ1v) is 11.6. The third-order valence-corrected chi connectivity index (χ3v) is 5.98. The van der Waals surface area contributed by atoms with Gasteiger partial charge in [-0.1, -0.05) is 6.07 Å². The van der Waals surface area contributed by atoms with E-state index >= 15 is 0 Å². The number of rotatable bonds is 7. The van der Waals surface area contributed by atoms with Gasteiger partial charge in [-0.2, -0.15) is 5.26 Å². The highest BCUT2D eigenvalue weighted by atomic mass is 16.5. The molecule has 2 heterocycles. The molecule has 1 unspecified atom stereocenters. The molecule has 2 atom stereocenters. The number of carbonyl (C=O) groups excluding carboxylic acids is 1. The lowest BCUT2D eigenvalue weighted by Gasteiger charge is -2.32. The Morgan fingerprint density at radius 3 is 3.00 bits per heavy atom. The van der Waals surface area contributed by atoms with Crippen LogP contribution in [-0.4, -0.2) is 61.8 Å². The minimum atomic E-state index is -0.357. The van der Waals surface area contributed by atoms with E-state index in [1.54, 1.807) is 6.20 Å². The number of ether oxygens (including phenoxy) is 2. The van der Waals surface area contributed by atoms with Crippen LogP contribution in [-0.2, 0) is 4.74 Å². The summed E-state index contributed by atoms with van der Waals surface area (Å²) in [5.41, 5.74) is 2.80. The Hall–Kier alpha value is -3.09. The third kappa shape index (κ3) is 6.46. The fourth-order valence-corrected chi connectivity index (χ4v) is 4.05. The molecule has 2 aliphatic heterocycles. The smallest absolute Gasteiger partial charge is 0.324 e. The molecule has 0 spiro atoms. The number of carbonyl (C=O) groups is 1. The van der Waals surface area contributed by atoms with Crippen LogP contribution in [0.25, 0.3) is 0 Å². The second kappa shape index (κ2) is 10.7. The van der Waals surface area contributed by atoms with Gasteiger partial charge in [-0.15, -0.1) is 0 Å². The van der Waals surface area contributed by atoms with Crippen molar-refractivity contribution in [2.45, 2.75) is 51.2 Å². The van der Waals surface area contributed by atoms with Crippen molar-refractivity contribution >= 4 is 17.6 Å². The fraction of sp³-hybridized carbons (Fsp3) is 0.542. The van der Waals surface area contributed by atoms with Crippen molar-refractivity contribution in [3.05, 3.63) is 35.7 Å². The van der Waals surface area contributed by atoms with Gasteiger partial charge in [0.2, 0.25) is 0 Å². The van der Waals surface area contributed by atoms with E-state index in [1.807, 2.05) is 26.0 Å². The average Bonchev–Trinajstić information content (AvgIpc) is 3.64. The third-order valence-electron chi connectivity index (χ3n) is 5.98. The maximum atomic E-state index is 12.7. The Bertz CT molecular complexity index is 965. The monoisotopic (exact) mass is 452 g/mol.